The molecule has 0 saturated carbocycles. The first-order valence-corrected chi connectivity index (χ1v) is 7.95. The minimum absolute atomic E-state index is 0.185. The fraction of sp³-hybridized carbons (Fsp3) is 0.562. The highest BCUT2D eigenvalue weighted by atomic mass is 16.7. The summed E-state index contributed by atoms with van der Waals surface area (Å²) in [6.07, 6.45) is 5.38. The van der Waals surface area contributed by atoms with Gasteiger partial charge in [-0.15, -0.1) is 5.06 Å². The standard InChI is InChI=1S/C16H23N5O2/c1-16(2,3)15(22)23-21-8-4-5-11(9-21)20-14-12-6-7-17-13(12)18-10-19-14/h6-7,10-11H,4-5,8-9H2,1-3H3,(H2,17,18,19,20)/t11-/m1/s1. The van der Waals surface area contributed by atoms with Crippen molar-refractivity contribution < 1.29 is 9.63 Å². The van der Waals surface area contributed by atoms with Crippen LogP contribution in [0.1, 0.15) is 33.6 Å². The molecule has 0 aliphatic carbocycles. The number of hydrogen-bond acceptors (Lipinski definition) is 6. The second kappa shape index (κ2) is 6.16. The lowest BCUT2D eigenvalue weighted by molar-refractivity contribution is -0.204. The number of piperidine rings is 1. The number of nitrogens with zero attached hydrogens (tertiary/aromatic N) is 3. The molecule has 2 aromatic rings. The molecule has 124 valence electrons. The lowest BCUT2D eigenvalue weighted by Gasteiger charge is -2.33. The van der Waals surface area contributed by atoms with Crippen LogP contribution in [0.3, 0.4) is 0 Å². The monoisotopic (exact) mass is 317 g/mol. The molecule has 2 N–H and O–H groups in total. The van der Waals surface area contributed by atoms with Gasteiger partial charge in [0.1, 0.15) is 17.8 Å². The van der Waals surface area contributed by atoms with Gasteiger partial charge in [0.2, 0.25) is 0 Å². The zero-order chi connectivity index (χ0) is 16.4. The fourth-order valence-electron chi connectivity index (χ4n) is 2.58. The minimum atomic E-state index is -0.496. The van der Waals surface area contributed by atoms with E-state index in [1.807, 2.05) is 33.0 Å². The molecule has 1 saturated heterocycles. The molecular formula is C16H23N5O2. The maximum absolute atomic E-state index is 12.0. The fourth-order valence-corrected chi connectivity index (χ4v) is 2.58. The Labute approximate surface area is 135 Å². The van der Waals surface area contributed by atoms with Crippen LogP contribution in [-0.4, -0.2) is 45.1 Å². The molecule has 2 aromatic heterocycles. The number of rotatable bonds is 3. The van der Waals surface area contributed by atoms with E-state index in [4.69, 9.17) is 4.84 Å². The summed E-state index contributed by atoms with van der Waals surface area (Å²) >= 11 is 0. The van der Waals surface area contributed by atoms with Crippen molar-refractivity contribution in [3.05, 3.63) is 18.6 Å². The van der Waals surface area contributed by atoms with Gasteiger partial charge in [-0.1, -0.05) is 0 Å². The molecule has 0 unspecified atom stereocenters. The van der Waals surface area contributed by atoms with Gasteiger partial charge in [0.15, 0.2) is 0 Å². The second-order valence-corrected chi connectivity index (χ2v) is 6.96. The molecule has 0 spiro atoms. The summed E-state index contributed by atoms with van der Waals surface area (Å²) in [5, 5.41) is 6.17. The number of aromatic nitrogens is 3. The molecule has 1 aliphatic heterocycles. The zero-order valence-electron chi connectivity index (χ0n) is 13.8. The molecule has 7 nitrogen and oxygen atoms in total. The summed E-state index contributed by atoms with van der Waals surface area (Å²) in [6.45, 7) is 7.00. The van der Waals surface area contributed by atoms with Gasteiger partial charge in [-0.3, -0.25) is 0 Å². The van der Waals surface area contributed by atoms with Crippen molar-refractivity contribution in [2.45, 2.75) is 39.7 Å². The van der Waals surface area contributed by atoms with Crippen molar-refractivity contribution in [1.82, 2.24) is 20.0 Å². The number of anilines is 1. The van der Waals surface area contributed by atoms with E-state index in [2.05, 4.69) is 20.3 Å². The molecule has 0 bridgehead atoms. The highest BCUT2D eigenvalue weighted by Crippen LogP contribution is 2.22. The van der Waals surface area contributed by atoms with Crippen LogP contribution in [-0.2, 0) is 9.63 Å². The molecule has 1 atom stereocenters. The van der Waals surface area contributed by atoms with Crippen LogP contribution < -0.4 is 5.32 Å². The number of hydrogen-bond donors (Lipinski definition) is 2. The number of hydroxylamine groups is 2. The molecule has 1 aliphatic rings. The Kier molecular flexibility index (Phi) is 4.21. The lowest BCUT2D eigenvalue weighted by Crippen LogP contribution is -2.44. The molecule has 0 aromatic carbocycles. The number of carbonyl (C=O) groups excluding carboxylic acids is 1. The van der Waals surface area contributed by atoms with E-state index in [1.165, 1.54) is 0 Å². The van der Waals surface area contributed by atoms with Gasteiger partial charge in [0.25, 0.3) is 0 Å². The Bertz CT molecular complexity index is 691. The van der Waals surface area contributed by atoms with Crippen molar-refractivity contribution in [2.24, 2.45) is 5.41 Å². The van der Waals surface area contributed by atoms with E-state index in [-0.39, 0.29) is 12.0 Å². The van der Waals surface area contributed by atoms with Crippen LogP contribution in [0, 0.1) is 5.41 Å². The zero-order valence-corrected chi connectivity index (χ0v) is 13.8. The van der Waals surface area contributed by atoms with E-state index in [1.54, 1.807) is 11.4 Å². The van der Waals surface area contributed by atoms with Gasteiger partial charge in [0, 0.05) is 18.8 Å². The maximum atomic E-state index is 12.0. The van der Waals surface area contributed by atoms with E-state index >= 15 is 0 Å². The summed E-state index contributed by atoms with van der Waals surface area (Å²) in [5.74, 6) is 0.610. The number of H-pyrrole nitrogens is 1. The molecule has 3 heterocycles. The number of aromatic amines is 1. The van der Waals surface area contributed by atoms with Gasteiger partial charge in [-0.05, 0) is 39.7 Å². The smallest absolute Gasteiger partial charge is 0.330 e. The molecule has 3 rings (SSSR count). The average Bonchev–Trinajstić information content (AvgIpc) is 2.96. The quantitative estimate of drug-likeness (QED) is 0.904. The highest BCUT2D eigenvalue weighted by Gasteiger charge is 2.29. The summed E-state index contributed by atoms with van der Waals surface area (Å²) in [6, 6.07) is 2.14. The SMILES string of the molecule is CC(C)(C)C(=O)ON1CCC[C@@H](Nc2ncnc3[nH]ccc23)C1. The van der Waals surface area contributed by atoms with Gasteiger partial charge in [-0.2, -0.15) is 0 Å². The van der Waals surface area contributed by atoms with Crippen LogP contribution in [0.4, 0.5) is 5.82 Å². The van der Waals surface area contributed by atoms with Crippen LogP contribution in [0.2, 0.25) is 0 Å². The Hall–Kier alpha value is -2.15. The summed E-state index contributed by atoms with van der Waals surface area (Å²) in [5.41, 5.74) is 0.318. The Morgan fingerprint density at radius 1 is 1.43 bits per heavy atom. The van der Waals surface area contributed by atoms with Gasteiger partial charge in [0.05, 0.1) is 17.3 Å². The van der Waals surface area contributed by atoms with Gasteiger partial charge in [-0.25, -0.2) is 14.8 Å². The normalized spacial score (nSPS) is 19.7. The lowest BCUT2D eigenvalue weighted by atomic mass is 9.98. The van der Waals surface area contributed by atoms with Crippen LogP contribution in [0.5, 0.6) is 0 Å². The molecule has 0 amide bonds. The van der Waals surface area contributed by atoms with Crippen LogP contribution >= 0.6 is 0 Å². The third-order valence-corrected chi connectivity index (χ3v) is 3.90. The van der Waals surface area contributed by atoms with Gasteiger partial charge >= 0.3 is 5.97 Å². The topological polar surface area (TPSA) is 83.1 Å². The predicted molar refractivity (Wildman–Crippen MR) is 87.7 cm³/mol. The van der Waals surface area contributed by atoms with Crippen molar-refractivity contribution in [1.29, 1.82) is 0 Å². The number of carbonyl (C=O) groups is 1. The third-order valence-electron chi connectivity index (χ3n) is 3.90. The highest BCUT2D eigenvalue weighted by molar-refractivity contribution is 5.86. The second-order valence-electron chi connectivity index (χ2n) is 6.96. The molecule has 7 heteroatoms. The number of nitrogens with one attached hydrogen (secondary N) is 2. The first-order chi connectivity index (χ1) is 10.9. The van der Waals surface area contributed by atoms with E-state index in [0.717, 1.165) is 36.2 Å². The Balaban J connectivity index is 1.65. The predicted octanol–water partition coefficient (Wildman–Crippen LogP) is 2.34. The summed E-state index contributed by atoms with van der Waals surface area (Å²) < 4.78 is 0. The minimum Gasteiger partial charge on any atom is -0.367 e. The van der Waals surface area contributed by atoms with Crippen LogP contribution in [0.15, 0.2) is 18.6 Å². The van der Waals surface area contributed by atoms with E-state index < -0.39 is 5.41 Å². The first kappa shape index (κ1) is 15.7. The van der Waals surface area contributed by atoms with Crippen molar-refractivity contribution >= 4 is 22.8 Å². The average molecular weight is 317 g/mol. The Morgan fingerprint density at radius 3 is 3.04 bits per heavy atom. The molecule has 1 fully saturated rings. The van der Waals surface area contributed by atoms with E-state index in [0.29, 0.717) is 6.54 Å². The molecule has 23 heavy (non-hydrogen) atoms. The van der Waals surface area contributed by atoms with Crippen molar-refractivity contribution in [3.8, 4) is 0 Å². The Morgan fingerprint density at radius 2 is 2.26 bits per heavy atom. The van der Waals surface area contributed by atoms with Crippen molar-refractivity contribution in [2.75, 3.05) is 18.4 Å². The van der Waals surface area contributed by atoms with E-state index in [9.17, 15) is 4.79 Å². The molecular weight excluding hydrogens is 294 g/mol. The van der Waals surface area contributed by atoms with Crippen LogP contribution in [0.25, 0.3) is 11.0 Å². The maximum Gasteiger partial charge on any atom is 0.330 e. The van der Waals surface area contributed by atoms with Crippen molar-refractivity contribution in [3.63, 3.8) is 0 Å². The first-order valence-electron chi connectivity index (χ1n) is 7.95. The van der Waals surface area contributed by atoms with Gasteiger partial charge < -0.3 is 15.1 Å². The summed E-state index contributed by atoms with van der Waals surface area (Å²) in [7, 11) is 0. The molecule has 0 radical (unpaired) electrons. The number of fused-ring (bicyclic) bond motifs is 1. The summed E-state index contributed by atoms with van der Waals surface area (Å²) in [4.78, 5) is 29.1. The largest absolute Gasteiger partial charge is 0.367 e. The third kappa shape index (κ3) is 3.61.